The molecule has 5 heteroatoms. The summed E-state index contributed by atoms with van der Waals surface area (Å²) in [6.07, 6.45) is 4.11. The first-order chi connectivity index (χ1) is 12.3. The molecule has 3 aromatic rings. The summed E-state index contributed by atoms with van der Waals surface area (Å²) < 4.78 is 7.78. The molecule has 25 heavy (non-hydrogen) atoms. The number of imidazole rings is 1. The molecule has 5 nitrogen and oxygen atoms in total. The van der Waals surface area contributed by atoms with Gasteiger partial charge in [0.05, 0.1) is 25.0 Å². The summed E-state index contributed by atoms with van der Waals surface area (Å²) in [5, 5.41) is 3.52. The number of benzene rings is 1. The number of hydrogen-bond acceptors (Lipinski definition) is 4. The van der Waals surface area contributed by atoms with E-state index in [1.807, 2.05) is 18.3 Å². The van der Waals surface area contributed by atoms with Crippen LogP contribution in [0, 0.1) is 6.92 Å². The topological polar surface area (TPSA) is 41.8 Å². The molecule has 130 valence electrons. The number of aryl methyl sites for hydroxylation is 1. The van der Waals surface area contributed by atoms with Crippen LogP contribution in [0.25, 0.3) is 5.65 Å². The first-order valence-corrected chi connectivity index (χ1v) is 8.76. The molecule has 1 aliphatic rings. The van der Waals surface area contributed by atoms with E-state index in [9.17, 15) is 0 Å². The van der Waals surface area contributed by atoms with Crippen molar-refractivity contribution in [3.05, 3.63) is 65.6 Å². The predicted molar refractivity (Wildman–Crippen MR) is 98.9 cm³/mol. The van der Waals surface area contributed by atoms with Crippen LogP contribution >= 0.6 is 0 Å². The zero-order valence-corrected chi connectivity index (χ0v) is 14.8. The number of para-hydroxylation sites is 1. The van der Waals surface area contributed by atoms with E-state index >= 15 is 0 Å². The van der Waals surface area contributed by atoms with Gasteiger partial charge < -0.3 is 14.5 Å². The van der Waals surface area contributed by atoms with E-state index in [0.717, 1.165) is 37.6 Å². The fraction of sp³-hybridized carbons (Fsp3) is 0.350. The van der Waals surface area contributed by atoms with Gasteiger partial charge >= 0.3 is 0 Å². The van der Waals surface area contributed by atoms with E-state index in [1.165, 1.54) is 16.8 Å². The van der Waals surface area contributed by atoms with Gasteiger partial charge in [-0.25, -0.2) is 4.98 Å². The highest BCUT2D eigenvalue weighted by atomic mass is 16.5. The van der Waals surface area contributed by atoms with Crippen molar-refractivity contribution < 1.29 is 4.74 Å². The fourth-order valence-corrected chi connectivity index (χ4v) is 3.64. The molecule has 4 rings (SSSR count). The minimum absolute atomic E-state index is 0.292. The number of fused-ring (bicyclic) bond motifs is 1. The Morgan fingerprint density at radius 2 is 2.16 bits per heavy atom. The Labute approximate surface area is 148 Å². The Morgan fingerprint density at radius 3 is 3.04 bits per heavy atom. The summed E-state index contributed by atoms with van der Waals surface area (Å²) in [5.41, 5.74) is 4.70. The van der Waals surface area contributed by atoms with Crippen molar-refractivity contribution in [2.75, 3.05) is 26.7 Å². The van der Waals surface area contributed by atoms with Gasteiger partial charge in [-0.2, -0.15) is 0 Å². The first-order valence-electron chi connectivity index (χ1n) is 8.76. The van der Waals surface area contributed by atoms with Gasteiger partial charge in [0, 0.05) is 37.9 Å². The van der Waals surface area contributed by atoms with Crippen molar-refractivity contribution in [1.82, 2.24) is 19.6 Å². The average molecular weight is 336 g/mol. The SMILES string of the molecule is COc1ccccc1C1CNCCN1Cc1cnc2cc(C)ccn12. The van der Waals surface area contributed by atoms with Crippen LogP contribution in [-0.2, 0) is 6.54 Å². The number of methoxy groups -OCH3 is 1. The van der Waals surface area contributed by atoms with Crippen LogP contribution in [0.15, 0.2) is 48.8 Å². The number of nitrogens with one attached hydrogen (secondary N) is 1. The molecular formula is C20H24N4O. The van der Waals surface area contributed by atoms with Crippen molar-refractivity contribution in [1.29, 1.82) is 0 Å². The Bertz CT molecular complexity index is 873. The average Bonchev–Trinajstić information content (AvgIpc) is 3.04. The van der Waals surface area contributed by atoms with Crippen molar-refractivity contribution >= 4 is 5.65 Å². The summed E-state index contributed by atoms with van der Waals surface area (Å²) in [4.78, 5) is 7.08. The standard InChI is InChI=1S/C20H24N4O/c1-15-7-9-24-16(12-22-20(24)11-15)14-23-10-8-21-13-18(23)17-5-3-4-6-19(17)25-2/h3-7,9,11-12,18,21H,8,10,13-14H2,1-2H3. The van der Waals surface area contributed by atoms with Gasteiger partial charge in [-0.05, 0) is 30.7 Å². The van der Waals surface area contributed by atoms with Crippen LogP contribution in [0.2, 0.25) is 0 Å². The number of pyridine rings is 1. The molecule has 2 aromatic heterocycles. The Balaban J connectivity index is 1.65. The lowest BCUT2D eigenvalue weighted by Gasteiger charge is -2.36. The highest BCUT2D eigenvalue weighted by Gasteiger charge is 2.26. The van der Waals surface area contributed by atoms with E-state index in [4.69, 9.17) is 4.74 Å². The van der Waals surface area contributed by atoms with Crippen LogP contribution in [0.5, 0.6) is 5.75 Å². The van der Waals surface area contributed by atoms with Crippen molar-refractivity contribution in [3.63, 3.8) is 0 Å². The molecule has 1 fully saturated rings. The number of aromatic nitrogens is 2. The summed E-state index contributed by atoms with van der Waals surface area (Å²) in [7, 11) is 1.74. The van der Waals surface area contributed by atoms with Gasteiger partial charge in [-0.1, -0.05) is 18.2 Å². The smallest absolute Gasteiger partial charge is 0.137 e. The normalized spacial score (nSPS) is 18.6. The zero-order chi connectivity index (χ0) is 17.2. The summed E-state index contributed by atoms with van der Waals surface area (Å²) in [6, 6.07) is 12.9. The number of rotatable bonds is 4. The molecular weight excluding hydrogens is 312 g/mol. The van der Waals surface area contributed by atoms with Gasteiger partial charge in [0.15, 0.2) is 0 Å². The van der Waals surface area contributed by atoms with Crippen LogP contribution in [0.4, 0.5) is 0 Å². The predicted octanol–water partition coefficient (Wildman–Crippen LogP) is 2.80. The maximum absolute atomic E-state index is 5.59. The maximum Gasteiger partial charge on any atom is 0.137 e. The van der Waals surface area contributed by atoms with Crippen molar-refractivity contribution in [2.24, 2.45) is 0 Å². The second kappa shape index (κ2) is 6.86. The summed E-state index contributed by atoms with van der Waals surface area (Å²) >= 11 is 0. The third-order valence-electron chi connectivity index (χ3n) is 4.96. The van der Waals surface area contributed by atoms with Gasteiger partial charge in [-0.15, -0.1) is 0 Å². The lowest BCUT2D eigenvalue weighted by molar-refractivity contribution is 0.149. The third kappa shape index (κ3) is 3.13. The van der Waals surface area contributed by atoms with Gasteiger partial charge in [0.1, 0.15) is 11.4 Å². The molecule has 1 aliphatic heterocycles. The van der Waals surface area contributed by atoms with Gasteiger partial charge in [-0.3, -0.25) is 4.90 Å². The molecule has 1 N–H and O–H groups in total. The molecule has 3 heterocycles. The molecule has 0 aliphatic carbocycles. The maximum atomic E-state index is 5.59. The Kier molecular flexibility index (Phi) is 4.42. The Hall–Kier alpha value is -2.37. The summed E-state index contributed by atoms with van der Waals surface area (Å²) in [6.45, 7) is 5.90. The molecule has 0 radical (unpaired) electrons. The molecule has 1 atom stereocenters. The van der Waals surface area contributed by atoms with Crippen LogP contribution in [0.3, 0.4) is 0 Å². The molecule has 1 unspecified atom stereocenters. The van der Waals surface area contributed by atoms with E-state index in [0.29, 0.717) is 6.04 Å². The number of ether oxygens (including phenoxy) is 1. The second-order valence-electron chi connectivity index (χ2n) is 6.61. The largest absolute Gasteiger partial charge is 0.496 e. The van der Waals surface area contributed by atoms with E-state index in [-0.39, 0.29) is 0 Å². The van der Waals surface area contributed by atoms with Crippen molar-refractivity contribution in [3.8, 4) is 5.75 Å². The quantitative estimate of drug-likeness (QED) is 0.795. The number of nitrogens with zero attached hydrogens (tertiary/aromatic N) is 3. The fourth-order valence-electron chi connectivity index (χ4n) is 3.64. The monoisotopic (exact) mass is 336 g/mol. The van der Waals surface area contributed by atoms with E-state index in [2.05, 4.69) is 57.0 Å². The second-order valence-corrected chi connectivity index (χ2v) is 6.61. The van der Waals surface area contributed by atoms with Gasteiger partial charge in [0.25, 0.3) is 0 Å². The lowest BCUT2D eigenvalue weighted by atomic mass is 10.0. The molecule has 1 aromatic carbocycles. The van der Waals surface area contributed by atoms with Gasteiger partial charge in [0.2, 0.25) is 0 Å². The van der Waals surface area contributed by atoms with E-state index in [1.54, 1.807) is 7.11 Å². The number of hydrogen-bond donors (Lipinski definition) is 1. The van der Waals surface area contributed by atoms with Crippen LogP contribution < -0.4 is 10.1 Å². The highest BCUT2D eigenvalue weighted by Crippen LogP contribution is 2.31. The Morgan fingerprint density at radius 1 is 1.28 bits per heavy atom. The molecule has 1 saturated heterocycles. The highest BCUT2D eigenvalue weighted by molar-refractivity contribution is 5.43. The first kappa shape index (κ1) is 16.1. The lowest BCUT2D eigenvalue weighted by Crippen LogP contribution is -2.45. The molecule has 0 spiro atoms. The summed E-state index contributed by atoms with van der Waals surface area (Å²) in [5.74, 6) is 0.954. The molecule has 0 saturated carbocycles. The van der Waals surface area contributed by atoms with Crippen LogP contribution in [0.1, 0.15) is 22.9 Å². The molecule has 0 bridgehead atoms. The van der Waals surface area contributed by atoms with Crippen LogP contribution in [-0.4, -0.2) is 41.0 Å². The third-order valence-corrected chi connectivity index (χ3v) is 4.96. The minimum atomic E-state index is 0.292. The minimum Gasteiger partial charge on any atom is -0.496 e. The number of piperazine rings is 1. The molecule has 0 amide bonds. The van der Waals surface area contributed by atoms with Crippen molar-refractivity contribution in [2.45, 2.75) is 19.5 Å². The zero-order valence-electron chi connectivity index (χ0n) is 14.8. The van der Waals surface area contributed by atoms with E-state index < -0.39 is 0 Å².